The van der Waals surface area contributed by atoms with Gasteiger partial charge in [0, 0.05) is 29.5 Å². The molecule has 0 fully saturated rings. The SMILES string of the molecule is CCN(C(=O)c1sc2nc(-c3ccc(F)cc3)cn2c1C)C(C)(C)C. The number of carbonyl (C=O) groups is 1. The van der Waals surface area contributed by atoms with Crippen LogP contribution in [0.4, 0.5) is 4.39 Å². The number of nitrogens with zero attached hydrogens (tertiary/aromatic N) is 3. The molecule has 3 aromatic rings. The number of rotatable bonds is 3. The summed E-state index contributed by atoms with van der Waals surface area (Å²) in [6.45, 7) is 10.7. The number of hydrogen-bond acceptors (Lipinski definition) is 3. The molecular weight excluding hydrogens is 337 g/mol. The zero-order valence-corrected chi connectivity index (χ0v) is 15.9. The van der Waals surface area contributed by atoms with Crippen LogP contribution in [-0.2, 0) is 0 Å². The van der Waals surface area contributed by atoms with Gasteiger partial charge in [-0.2, -0.15) is 0 Å². The minimum atomic E-state index is -0.268. The molecule has 0 saturated carbocycles. The average Bonchev–Trinajstić information content (AvgIpc) is 3.07. The van der Waals surface area contributed by atoms with Crippen molar-refractivity contribution < 1.29 is 9.18 Å². The Kier molecular flexibility index (Phi) is 4.41. The average molecular weight is 359 g/mol. The highest BCUT2D eigenvalue weighted by Crippen LogP contribution is 2.29. The summed E-state index contributed by atoms with van der Waals surface area (Å²) >= 11 is 1.40. The third-order valence-electron chi connectivity index (χ3n) is 4.26. The monoisotopic (exact) mass is 359 g/mol. The first-order valence-corrected chi connectivity index (χ1v) is 9.10. The Morgan fingerprint density at radius 1 is 1.28 bits per heavy atom. The second-order valence-corrected chi connectivity index (χ2v) is 8.00. The molecule has 0 N–H and O–H groups in total. The van der Waals surface area contributed by atoms with Crippen LogP contribution in [0.5, 0.6) is 0 Å². The number of benzene rings is 1. The molecule has 132 valence electrons. The van der Waals surface area contributed by atoms with Crippen molar-refractivity contribution in [2.75, 3.05) is 6.54 Å². The Labute approximate surface area is 150 Å². The van der Waals surface area contributed by atoms with E-state index in [-0.39, 0.29) is 17.3 Å². The normalized spacial score (nSPS) is 11.9. The van der Waals surface area contributed by atoms with Crippen molar-refractivity contribution in [3.05, 3.63) is 46.9 Å². The summed E-state index contributed by atoms with van der Waals surface area (Å²) in [5.74, 6) is -0.234. The van der Waals surface area contributed by atoms with Crippen LogP contribution in [0.1, 0.15) is 43.1 Å². The number of thiazole rings is 1. The molecule has 3 rings (SSSR count). The largest absolute Gasteiger partial charge is 0.333 e. The summed E-state index contributed by atoms with van der Waals surface area (Å²) in [7, 11) is 0. The Hall–Kier alpha value is -2.21. The molecule has 0 atom stereocenters. The maximum atomic E-state index is 13.1. The van der Waals surface area contributed by atoms with Crippen LogP contribution in [0.15, 0.2) is 30.5 Å². The van der Waals surface area contributed by atoms with Gasteiger partial charge in [-0.05, 0) is 58.9 Å². The fourth-order valence-corrected chi connectivity index (χ4v) is 4.01. The van der Waals surface area contributed by atoms with E-state index in [2.05, 4.69) is 4.98 Å². The topological polar surface area (TPSA) is 37.6 Å². The van der Waals surface area contributed by atoms with Crippen molar-refractivity contribution in [3.63, 3.8) is 0 Å². The summed E-state index contributed by atoms with van der Waals surface area (Å²) in [4.78, 5) is 20.9. The lowest BCUT2D eigenvalue weighted by Crippen LogP contribution is -2.45. The maximum absolute atomic E-state index is 13.1. The summed E-state index contributed by atoms with van der Waals surface area (Å²) in [6.07, 6.45) is 1.90. The van der Waals surface area contributed by atoms with Crippen molar-refractivity contribution in [2.45, 2.75) is 40.2 Å². The molecule has 0 saturated heterocycles. The number of fused-ring (bicyclic) bond motifs is 1. The lowest BCUT2D eigenvalue weighted by atomic mass is 10.1. The van der Waals surface area contributed by atoms with Gasteiger partial charge in [0.15, 0.2) is 4.96 Å². The lowest BCUT2D eigenvalue weighted by molar-refractivity contribution is 0.0603. The molecule has 0 aliphatic rings. The molecule has 0 radical (unpaired) electrons. The molecule has 1 aromatic carbocycles. The number of amides is 1. The predicted molar refractivity (Wildman–Crippen MR) is 99.7 cm³/mol. The van der Waals surface area contributed by atoms with Gasteiger partial charge in [0.1, 0.15) is 10.7 Å². The number of aromatic nitrogens is 2. The van der Waals surface area contributed by atoms with Crippen LogP contribution < -0.4 is 0 Å². The Bertz CT molecular complexity index is 919. The van der Waals surface area contributed by atoms with Crippen molar-refractivity contribution in [3.8, 4) is 11.3 Å². The minimum absolute atomic E-state index is 0.0336. The number of aryl methyl sites for hydroxylation is 1. The molecule has 0 aliphatic heterocycles. The van der Waals surface area contributed by atoms with Gasteiger partial charge in [-0.1, -0.05) is 11.3 Å². The molecule has 2 heterocycles. The van der Waals surface area contributed by atoms with Gasteiger partial charge in [0.2, 0.25) is 0 Å². The van der Waals surface area contributed by atoms with E-state index in [1.165, 1.54) is 23.5 Å². The first-order valence-electron chi connectivity index (χ1n) is 8.28. The number of hydrogen-bond donors (Lipinski definition) is 0. The van der Waals surface area contributed by atoms with E-state index >= 15 is 0 Å². The quantitative estimate of drug-likeness (QED) is 0.675. The molecular formula is C19H22FN3OS. The van der Waals surface area contributed by atoms with E-state index in [4.69, 9.17) is 0 Å². The van der Waals surface area contributed by atoms with E-state index in [0.29, 0.717) is 11.4 Å². The highest BCUT2D eigenvalue weighted by molar-refractivity contribution is 7.19. The van der Waals surface area contributed by atoms with E-state index in [1.807, 2.05) is 50.1 Å². The summed E-state index contributed by atoms with van der Waals surface area (Å²) in [6, 6.07) is 6.27. The molecule has 0 bridgehead atoms. The predicted octanol–water partition coefficient (Wildman–Crippen LogP) is 4.77. The summed E-state index contributed by atoms with van der Waals surface area (Å²) < 4.78 is 15.0. The van der Waals surface area contributed by atoms with Crippen molar-refractivity contribution in [2.24, 2.45) is 0 Å². The summed E-state index contributed by atoms with van der Waals surface area (Å²) in [5.41, 5.74) is 2.28. The van der Waals surface area contributed by atoms with Gasteiger partial charge >= 0.3 is 0 Å². The molecule has 0 aliphatic carbocycles. The zero-order chi connectivity index (χ0) is 18.4. The van der Waals surface area contributed by atoms with Crippen molar-refractivity contribution in [1.29, 1.82) is 0 Å². The number of halogens is 1. The van der Waals surface area contributed by atoms with Crippen LogP contribution >= 0.6 is 11.3 Å². The number of imidazole rings is 1. The molecule has 1 amide bonds. The third-order valence-corrected chi connectivity index (χ3v) is 5.41. The second-order valence-electron chi connectivity index (χ2n) is 7.02. The zero-order valence-electron chi connectivity index (χ0n) is 15.1. The van der Waals surface area contributed by atoms with Crippen LogP contribution in [0.3, 0.4) is 0 Å². The van der Waals surface area contributed by atoms with Gasteiger partial charge in [0.25, 0.3) is 5.91 Å². The number of carbonyl (C=O) groups excluding carboxylic acids is 1. The highest BCUT2D eigenvalue weighted by atomic mass is 32.1. The lowest BCUT2D eigenvalue weighted by Gasteiger charge is -2.34. The van der Waals surface area contributed by atoms with Gasteiger partial charge < -0.3 is 4.90 Å². The fourth-order valence-electron chi connectivity index (χ4n) is 2.95. The third kappa shape index (κ3) is 3.18. The maximum Gasteiger partial charge on any atom is 0.266 e. The van der Waals surface area contributed by atoms with Crippen molar-refractivity contribution in [1.82, 2.24) is 14.3 Å². The smallest absolute Gasteiger partial charge is 0.266 e. The van der Waals surface area contributed by atoms with E-state index in [1.54, 1.807) is 12.1 Å². The van der Waals surface area contributed by atoms with E-state index in [0.717, 1.165) is 21.9 Å². The Morgan fingerprint density at radius 2 is 1.92 bits per heavy atom. The van der Waals surface area contributed by atoms with Crippen LogP contribution in [0.25, 0.3) is 16.2 Å². The van der Waals surface area contributed by atoms with Crippen LogP contribution in [-0.4, -0.2) is 32.3 Å². The van der Waals surface area contributed by atoms with Gasteiger partial charge in [-0.15, -0.1) is 0 Å². The van der Waals surface area contributed by atoms with Crippen LogP contribution in [0, 0.1) is 12.7 Å². The fraction of sp³-hybridized carbons (Fsp3) is 0.368. The van der Waals surface area contributed by atoms with Gasteiger partial charge in [-0.3, -0.25) is 9.20 Å². The van der Waals surface area contributed by atoms with Crippen LogP contribution in [0.2, 0.25) is 0 Å². The van der Waals surface area contributed by atoms with Gasteiger partial charge in [0.05, 0.1) is 5.69 Å². The molecule has 2 aromatic heterocycles. The first kappa shape index (κ1) is 17.6. The standard InChI is InChI=1S/C19H22FN3OS/c1-6-23(19(3,4)5)17(24)16-12(2)22-11-15(21-18(22)25-16)13-7-9-14(20)10-8-13/h7-11H,6H2,1-5H3. The van der Waals surface area contributed by atoms with Crippen molar-refractivity contribution >= 4 is 22.2 Å². The second kappa shape index (κ2) is 6.26. The van der Waals surface area contributed by atoms with E-state index < -0.39 is 0 Å². The highest BCUT2D eigenvalue weighted by Gasteiger charge is 2.29. The first-order chi connectivity index (χ1) is 11.7. The molecule has 0 spiro atoms. The molecule has 0 unspecified atom stereocenters. The Balaban J connectivity index is 2.00. The molecule has 25 heavy (non-hydrogen) atoms. The molecule has 6 heteroatoms. The minimum Gasteiger partial charge on any atom is -0.333 e. The van der Waals surface area contributed by atoms with E-state index in [9.17, 15) is 9.18 Å². The summed E-state index contributed by atoms with van der Waals surface area (Å²) in [5, 5.41) is 0. The molecule has 4 nitrogen and oxygen atoms in total. The Morgan fingerprint density at radius 3 is 2.44 bits per heavy atom. The van der Waals surface area contributed by atoms with Gasteiger partial charge in [-0.25, -0.2) is 9.37 Å².